The molecule has 1 aromatic heterocycles. The second-order valence-electron chi connectivity index (χ2n) is 3.63. The molecule has 1 aromatic rings. The summed E-state index contributed by atoms with van der Waals surface area (Å²) >= 11 is 0. The maximum Gasteiger partial charge on any atom is 0.0521 e. The minimum Gasteiger partial charge on any atom is -0.328 e. The van der Waals surface area contributed by atoms with Gasteiger partial charge in [0.2, 0.25) is 0 Å². The summed E-state index contributed by atoms with van der Waals surface area (Å²) in [6, 6.07) is 0.287. The Morgan fingerprint density at radius 1 is 1.62 bits per heavy atom. The topological polar surface area (TPSA) is 43.8 Å². The summed E-state index contributed by atoms with van der Waals surface area (Å²) in [6.45, 7) is 5.21. The number of hydrogen-bond donors (Lipinski definition) is 1. The first kappa shape index (κ1) is 10.3. The monoisotopic (exact) mass is 181 g/mol. The molecular weight excluding hydrogens is 162 g/mol. The molecule has 0 radical (unpaired) electrons. The van der Waals surface area contributed by atoms with Gasteiger partial charge in [-0.25, -0.2) is 0 Å². The maximum absolute atomic E-state index is 5.68. The average Bonchev–Trinajstić information content (AvgIpc) is 2.50. The molecule has 0 amide bonds. The molecule has 1 heterocycles. The summed E-state index contributed by atoms with van der Waals surface area (Å²) in [5.74, 6) is 0. The Kier molecular flexibility index (Phi) is 3.96. The Balaban J connectivity index is 2.39. The van der Waals surface area contributed by atoms with Gasteiger partial charge >= 0.3 is 0 Å². The molecule has 0 aliphatic carbocycles. The van der Waals surface area contributed by atoms with E-state index < -0.39 is 0 Å². The highest BCUT2D eigenvalue weighted by atomic mass is 15.3. The van der Waals surface area contributed by atoms with Crippen LogP contribution in [0.15, 0.2) is 12.4 Å². The molecule has 1 atom stereocenters. The van der Waals surface area contributed by atoms with Crippen LogP contribution in [0.3, 0.4) is 0 Å². The van der Waals surface area contributed by atoms with Crippen molar-refractivity contribution in [1.29, 1.82) is 0 Å². The van der Waals surface area contributed by atoms with Gasteiger partial charge in [-0.2, -0.15) is 5.10 Å². The molecule has 1 rings (SSSR count). The summed E-state index contributed by atoms with van der Waals surface area (Å²) < 4.78 is 2.00. The fourth-order valence-corrected chi connectivity index (χ4v) is 1.28. The molecule has 3 nitrogen and oxygen atoms in total. The van der Waals surface area contributed by atoms with Crippen LogP contribution < -0.4 is 5.73 Å². The first-order chi connectivity index (χ1) is 6.22. The van der Waals surface area contributed by atoms with Crippen LogP contribution in [0.2, 0.25) is 0 Å². The van der Waals surface area contributed by atoms with Crippen molar-refractivity contribution in [3.8, 4) is 0 Å². The quantitative estimate of drug-likeness (QED) is 0.749. The van der Waals surface area contributed by atoms with Crippen LogP contribution in [-0.4, -0.2) is 15.8 Å². The Bertz CT molecular complexity index is 240. The van der Waals surface area contributed by atoms with Crippen LogP contribution in [0.1, 0.15) is 32.3 Å². The third-order valence-electron chi connectivity index (χ3n) is 2.03. The summed E-state index contributed by atoms with van der Waals surface area (Å²) in [6.07, 6.45) is 7.28. The molecule has 2 N–H and O–H groups in total. The zero-order chi connectivity index (χ0) is 9.68. The third-order valence-corrected chi connectivity index (χ3v) is 2.03. The van der Waals surface area contributed by atoms with E-state index in [9.17, 15) is 0 Å². The molecule has 74 valence electrons. The lowest BCUT2D eigenvalue weighted by Crippen LogP contribution is -2.15. The van der Waals surface area contributed by atoms with Crippen molar-refractivity contribution in [2.45, 2.75) is 45.7 Å². The lowest BCUT2D eigenvalue weighted by Gasteiger charge is -2.01. The lowest BCUT2D eigenvalue weighted by atomic mass is 10.1. The van der Waals surface area contributed by atoms with Gasteiger partial charge in [-0.1, -0.05) is 6.92 Å². The highest BCUT2D eigenvalue weighted by molar-refractivity contribution is 5.04. The minimum absolute atomic E-state index is 0.287. The van der Waals surface area contributed by atoms with E-state index in [1.807, 2.05) is 17.8 Å². The van der Waals surface area contributed by atoms with Crippen LogP contribution in [0, 0.1) is 0 Å². The Hall–Kier alpha value is -0.830. The van der Waals surface area contributed by atoms with Crippen molar-refractivity contribution in [3.63, 3.8) is 0 Å². The van der Waals surface area contributed by atoms with Gasteiger partial charge in [0.25, 0.3) is 0 Å². The summed E-state index contributed by atoms with van der Waals surface area (Å²) in [4.78, 5) is 0. The maximum atomic E-state index is 5.68. The van der Waals surface area contributed by atoms with Crippen LogP contribution >= 0.6 is 0 Å². The molecule has 3 heteroatoms. The molecule has 0 saturated carbocycles. The number of aryl methyl sites for hydroxylation is 2. The second-order valence-corrected chi connectivity index (χ2v) is 3.63. The lowest BCUT2D eigenvalue weighted by molar-refractivity contribution is 0.601. The van der Waals surface area contributed by atoms with Crippen molar-refractivity contribution in [1.82, 2.24) is 9.78 Å². The summed E-state index contributed by atoms with van der Waals surface area (Å²) in [5.41, 5.74) is 6.98. The van der Waals surface area contributed by atoms with E-state index in [1.54, 1.807) is 0 Å². The number of hydrogen-bond acceptors (Lipinski definition) is 2. The van der Waals surface area contributed by atoms with Gasteiger partial charge in [-0.3, -0.25) is 4.68 Å². The SMILES string of the molecule is CCCn1cc(CCC(C)N)cn1. The molecule has 0 spiro atoms. The van der Waals surface area contributed by atoms with Gasteiger partial charge in [0.1, 0.15) is 0 Å². The van der Waals surface area contributed by atoms with Gasteiger partial charge in [-0.15, -0.1) is 0 Å². The second kappa shape index (κ2) is 5.02. The molecule has 0 saturated heterocycles. The highest BCUT2D eigenvalue weighted by Gasteiger charge is 1.99. The van der Waals surface area contributed by atoms with E-state index in [4.69, 9.17) is 5.73 Å². The van der Waals surface area contributed by atoms with E-state index in [1.165, 1.54) is 5.56 Å². The van der Waals surface area contributed by atoms with E-state index >= 15 is 0 Å². The van der Waals surface area contributed by atoms with E-state index in [0.717, 1.165) is 25.8 Å². The Morgan fingerprint density at radius 2 is 2.38 bits per heavy atom. The smallest absolute Gasteiger partial charge is 0.0521 e. The van der Waals surface area contributed by atoms with Crippen molar-refractivity contribution in [3.05, 3.63) is 18.0 Å². The van der Waals surface area contributed by atoms with Gasteiger partial charge in [-0.05, 0) is 31.7 Å². The summed E-state index contributed by atoms with van der Waals surface area (Å²) in [5, 5.41) is 4.26. The van der Waals surface area contributed by atoms with Crippen LogP contribution in [-0.2, 0) is 13.0 Å². The van der Waals surface area contributed by atoms with Crippen molar-refractivity contribution in [2.75, 3.05) is 0 Å². The van der Waals surface area contributed by atoms with Crippen LogP contribution in [0.5, 0.6) is 0 Å². The van der Waals surface area contributed by atoms with Crippen LogP contribution in [0.4, 0.5) is 0 Å². The predicted molar refractivity (Wildman–Crippen MR) is 54.5 cm³/mol. The predicted octanol–water partition coefficient (Wildman–Crippen LogP) is 1.57. The minimum atomic E-state index is 0.287. The summed E-state index contributed by atoms with van der Waals surface area (Å²) in [7, 11) is 0. The molecule has 0 fully saturated rings. The first-order valence-corrected chi connectivity index (χ1v) is 4.99. The standard InChI is InChI=1S/C10H19N3/c1-3-6-13-8-10(7-12-13)5-4-9(2)11/h7-9H,3-6,11H2,1-2H3. The Morgan fingerprint density at radius 3 is 3.00 bits per heavy atom. The molecular formula is C10H19N3. The third kappa shape index (κ3) is 3.59. The fraction of sp³-hybridized carbons (Fsp3) is 0.700. The Labute approximate surface area is 79.9 Å². The molecule has 13 heavy (non-hydrogen) atoms. The average molecular weight is 181 g/mol. The zero-order valence-electron chi connectivity index (χ0n) is 8.53. The van der Waals surface area contributed by atoms with Gasteiger partial charge in [0.15, 0.2) is 0 Å². The van der Waals surface area contributed by atoms with Crippen molar-refractivity contribution < 1.29 is 0 Å². The van der Waals surface area contributed by atoms with E-state index in [0.29, 0.717) is 0 Å². The van der Waals surface area contributed by atoms with Crippen molar-refractivity contribution in [2.24, 2.45) is 5.73 Å². The fourth-order valence-electron chi connectivity index (χ4n) is 1.28. The normalized spacial score (nSPS) is 13.2. The number of rotatable bonds is 5. The number of nitrogens with two attached hydrogens (primary N) is 1. The largest absolute Gasteiger partial charge is 0.328 e. The molecule has 0 aromatic carbocycles. The highest BCUT2D eigenvalue weighted by Crippen LogP contribution is 2.03. The van der Waals surface area contributed by atoms with Gasteiger partial charge in [0, 0.05) is 18.8 Å². The van der Waals surface area contributed by atoms with Crippen LogP contribution in [0.25, 0.3) is 0 Å². The first-order valence-electron chi connectivity index (χ1n) is 4.99. The molecule has 0 bridgehead atoms. The van der Waals surface area contributed by atoms with E-state index in [2.05, 4.69) is 18.2 Å². The van der Waals surface area contributed by atoms with E-state index in [-0.39, 0.29) is 6.04 Å². The number of aromatic nitrogens is 2. The molecule has 1 unspecified atom stereocenters. The molecule has 0 aliphatic heterocycles. The van der Waals surface area contributed by atoms with Gasteiger partial charge < -0.3 is 5.73 Å². The van der Waals surface area contributed by atoms with Crippen molar-refractivity contribution >= 4 is 0 Å². The molecule has 0 aliphatic rings. The zero-order valence-corrected chi connectivity index (χ0v) is 8.53. The van der Waals surface area contributed by atoms with Gasteiger partial charge in [0.05, 0.1) is 6.20 Å². The number of nitrogens with zero attached hydrogens (tertiary/aromatic N) is 2.